The number of benzene rings is 2. The van der Waals surface area contributed by atoms with E-state index in [9.17, 15) is 19.7 Å². The normalized spacial score (nSPS) is 11.6. The third kappa shape index (κ3) is 6.84. The van der Waals surface area contributed by atoms with Gasteiger partial charge < -0.3 is 19.7 Å². The second kappa shape index (κ2) is 11.3. The molecule has 0 aliphatic rings. The highest BCUT2D eigenvalue weighted by molar-refractivity contribution is 6.30. The topological polar surface area (TPSA) is 111 Å². The summed E-state index contributed by atoms with van der Waals surface area (Å²) in [6, 6.07) is 10.1. The van der Waals surface area contributed by atoms with Crippen molar-refractivity contribution in [3.05, 3.63) is 63.2 Å². The first-order chi connectivity index (χ1) is 15.1. The fourth-order valence-electron chi connectivity index (χ4n) is 2.95. The number of hydrogen-bond acceptors (Lipinski definition) is 6. The average Bonchev–Trinajstić information content (AvgIpc) is 2.74. The quantitative estimate of drug-likeness (QED) is 0.426. The predicted molar refractivity (Wildman–Crippen MR) is 120 cm³/mol. The lowest BCUT2D eigenvalue weighted by Gasteiger charge is -2.29. The van der Waals surface area contributed by atoms with Gasteiger partial charge in [-0.3, -0.25) is 19.7 Å². The van der Waals surface area contributed by atoms with E-state index in [1.807, 2.05) is 13.8 Å². The van der Waals surface area contributed by atoms with Crippen LogP contribution >= 0.6 is 11.6 Å². The number of ether oxygens (including phenoxy) is 2. The number of carbonyl (C=O) groups excluding carboxylic acids is 2. The van der Waals surface area contributed by atoms with Crippen molar-refractivity contribution >= 4 is 29.1 Å². The van der Waals surface area contributed by atoms with Crippen LogP contribution in [0.25, 0.3) is 0 Å². The molecular weight excluding hydrogens is 438 g/mol. The van der Waals surface area contributed by atoms with Gasteiger partial charge in [0.05, 0.1) is 12.0 Å². The zero-order chi connectivity index (χ0) is 23.8. The lowest BCUT2D eigenvalue weighted by Crippen LogP contribution is -2.50. The molecular formula is C22H26ClN3O6. The Labute approximate surface area is 191 Å². The molecule has 10 heteroatoms. The van der Waals surface area contributed by atoms with Crippen molar-refractivity contribution in [1.29, 1.82) is 0 Å². The van der Waals surface area contributed by atoms with Crippen LogP contribution in [0.5, 0.6) is 11.5 Å². The zero-order valence-corrected chi connectivity index (χ0v) is 19.1. The summed E-state index contributed by atoms with van der Waals surface area (Å²) >= 11 is 6.06. The number of nitrogens with one attached hydrogen (secondary N) is 1. The number of hydrogen-bond donors (Lipinski definition) is 1. The van der Waals surface area contributed by atoms with Crippen molar-refractivity contribution in [2.24, 2.45) is 0 Å². The van der Waals surface area contributed by atoms with Gasteiger partial charge in [-0.1, -0.05) is 23.7 Å². The number of halogens is 1. The molecule has 0 radical (unpaired) electrons. The van der Waals surface area contributed by atoms with E-state index in [0.717, 1.165) is 5.56 Å². The summed E-state index contributed by atoms with van der Waals surface area (Å²) in [6.45, 7) is 5.08. The van der Waals surface area contributed by atoms with Crippen molar-refractivity contribution in [2.75, 3.05) is 13.7 Å². The Morgan fingerprint density at radius 2 is 1.91 bits per heavy atom. The van der Waals surface area contributed by atoms with Crippen molar-refractivity contribution in [3.63, 3.8) is 0 Å². The van der Waals surface area contributed by atoms with Gasteiger partial charge in [-0.2, -0.15) is 0 Å². The van der Waals surface area contributed by atoms with E-state index in [2.05, 4.69) is 5.32 Å². The Morgan fingerprint density at radius 1 is 1.19 bits per heavy atom. The number of rotatable bonds is 10. The maximum atomic E-state index is 13.0. The number of nitrogens with zero attached hydrogens (tertiary/aromatic N) is 2. The summed E-state index contributed by atoms with van der Waals surface area (Å²) in [6.07, 6.45) is 0. The summed E-state index contributed by atoms with van der Waals surface area (Å²) < 4.78 is 10.6. The molecule has 9 nitrogen and oxygen atoms in total. The van der Waals surface area contributed by atoms with E-state index in [4.69, 9.17) is 21.1 Å². The van der Waals surface area contributed by atoms with Gasteiger partial charge in [0.1, 0.15) is 11.8 Å². The fourth-order valence-corrected chi connectivity index (χ4v) is 3.16. The van der Waals surface area contributed by atoms with Crippen LogP contribution in [0.15, 0.2) is 42.5 Å². The zero-order valence-electron chi connectivity index (χ0n) is 18.3. The van der Waals surface area contributed by atoms with Crippen molar-refractivity contribution in [2.45, 2.75) is 39.4 Å². The van der Waals surface area contributed by atoms with Gasteiger partial charge in [0, 0.05) is 29.7 Å². The second-order valence-electron chi connectivity index (χ2n) is 7.37. The van der Waals surface area contributed by atoms with Crippen molar-refractivity contribution in [3.8, 4) is 11.5 Å². The number of nitro groups is 1. The molecule has 0 aromatic heterocycles. The molecule has 0 aliphatic heterocycles. The second-order valence-corrected chi connectivity index (χ2v) is 7.81. The predicted octanol–water partition coefficient (Wildman–Crippen LogP) is 3.58. The Morgan fingerprint density at radius 3 is 2.50 bits per heavy atom. The molecule has 0 fully saturated rings. The van der Waals surface area contributed by atoms with Gasteiger partial charge in [-0.25, -0.2) is 0 Å². The molecule has 0 saturated heterocycles. The highest BCUT2D eigenvalue weighted by Gasteiger charge is 2.27. The standard InChI is InChI=1S/C22H26ClN3O6/c1-14(2)24-22(28)15(3)25(12-16-6-5-7-17(23)10-16)21(27)13-32-18-8-9-19(26(29)30)20(11-18)31-4/h5-11,14-15H,12-13H2,1-4H3,(H,24,28)/t15-/m0/s1. The summed E-state index contributed by atoms with van der Waals surface area (Å²) in [7, 11) is 1.30. The summed E-state index contributed by atoms with van der Waals surface area (Å²) in [4.78, 5) is 37.4. The van der Waals surface area contributed by atoms with Gasteiger partial charge in [0.15, 0.2) is 6.61 Å². The fraction of sp³-hybridized carbons (Fsp3) is 0.364. The first-order valence-electron chi connectivity index (χ1n) is 9.92. The van der Waals surface area contributed by atoms with Crippen LogP contribution in [-0.2, 0) is 16.1 Å². The van der Waals surface area contributed by atoms with Crippen LogP contribution in [0.2, 0.25) is 5.02 Å². The molecule has 0 saturated carbocycles. The molecule has 2 rings (SSSR count). The number of amides is 2. The molecule has 1 N–H and O–H groups in total. The molecule has 2 aromatic rings. The Bertz CT molecular complexity index is 982. The SMILES string of the molecule is COc1cc(OCC(=O)N(Cc2cccc(Cl)c2)[C@@H](C)C(=O)NC(C)C)ccc1[N+](=O)[O-]. The first kappa shape index (κ1) is 24.9. The number of nitro benzene ring substituents is 1. The monoisotopic (exact) mass is 463 g/mol. The molecule has 1 atom stereocenters. The molecule has 2 amide bonds. The van der Waals surface area contributed by atoms with Gasteiger partial charge in [-0.15, -0.1) is 0 Å². The van der Waals surface area contributed by atoms with Gasteiger partial charge in [0.25, 0.3) is 5.91 Å². The highest BCUT2D eigenvalue weighted by Crippen LogP contribution is 2.30. The molecule has 2 aromatic carbocycles. The Balaban J connectivity index is 2.20. The molecule has 0 aliphatic carbocycles. The summed E-state index contributed by atoms with van der Waals surface area (Å²) in [5.74, 6) is -0.496. The van der Waals surface area contributed by atoms with Crippen LogP contribution in [0.3, 0.4) is 0 Å². The number of carbonyl (C=O) groups is 2. The minimum Gasteiger partial charge on any atom is -0.490 e. The lowest BCUT2D eigenvalue weighted by atomic mass is 10.1. The molecule has 0 spiro atoms. The van der Waals surface area contributed by atoms with Crippen molar-refractivity contribution < 1.29 is 24.0 Å². The summed E-state index contributed by atoms with van der Waals surface area (Å²) in [5, 5.41) is 14.4. The van der Waals surface area contributed by atoms with Crippen LogP contribution in [0.1, 0.15) is 26.3 Å². The van der Waals surface area contributed by atoms with Gasteiger partial charge in [-0.05, 0) is 44.5 Å². The van der Waals surface area contributed by atoms with Gasteiger partial charge >= 0.3 is 5.69 Å². The minimum absolute atomic E-state index is 0.0143. The maximum Gasteiger partial charge on any atom is 0.311 e. The largest absolute Gasteiger partial charge is 0.490 e. The molecule has 0 heterocycles. The molecule has 32 heavy (non-hydrogen) atoms. The van der Waals surface area contributed by atoms with E-state index in [-0.39, 0.29) is 42.3 Å². The van der Waals surface area contributed by atoms with E-state index < -0.39 is 16.9 Å². The molecule has 0 unspecified atom stereocenters. The van der Waals surface area contributed by atoms with Crippen molar-refractivity contribution in [1.82, 2.24) is 10.2 Å². The third-order valence-electron chi connectivity index (χ3n) is 4.55. The first-order valence-corrected chi connectivity index (χ1v) is 10.3. The minimum atomic E-state index is -0.765. The van der Waals surface area contributed by atoms with E-state index in [0.29, 0.717) is 5.02 Å². The van der Waals surface area contributed by atoms with Crippen LogP contribution < -0.4 is 14.8 Å². The maximum absolute atomic E-state index is 13.0. The van der Waals surface area contributed by atoms with E-state index in [1.165, 1.54) is 30.2 Å². The Hall–Kier alpha value is -3.33. The molecule has 172 valence electrons. The third-order valence-corrected chi connectivity index (χ3v) is 4.79. The number of methoxy groups -OCH3 is 1. The van der Waals surface area contributed by atoms with E-state index in [1.54, 1.807) is 31.2 Å². The highest BCUT2D eigenvalue weighted by atomic mass is 35.5. The smallest absolute Gasteiger partial charge is 0.311 e. The van der Waals surface area contributed by atoms with Crippen LogP contribution in [0, 0.1) is 10.1 Å². The summed E-state index contributed by atoms with van der Waals surface area (Å²) in [5.41, 5.74) is 0.541. The van der Waals surface area contributed by atoms with E-state index >= 15 is 0 Å². The average molecular weight is 464 g/mol. The Kier molecular flexibility index (Phi) is 8.83. The van der Waals surface area contributed by atoms with Gasteiger partial charge in [0.2, 0.25) is 11.7 Å². The van der Waals surface area contributed by atoms with Crippen LogP contribution in [0.4, 0.5) is 5.69 Å². The van der Waals surface area contributed by atoms with Crippen LogP contribution in [-0.4, -0.2) is 47.4 Å². The lowest BCUT2D eigenvalue weighted by molar-refractivity contribution is -0.385. The molecule has 0 bridgehead atoms.